The molecule has 1 aliphatic rings. The predicted octanol–water partition coefficient (Wildman–Crippen LogP) is 2.98. The fraction of sp³-hybridized carbons (Fsp3) is 0.353. The molecule has 1 aliphatic carbocycles. The molecule has 0 amide bonds. The molecule has 4 rings (SSSR count). The molecule has 0 unspecified atom stereocenters. The lowest BCUT2D eigenvalue weighted by Gasteiger charge is -2.08. The summed E-state index contributed by atoms with van der Waals surface area (Å²) in [4.78, 5) is 19.7. The highest BCUT2D eigenvalue weighted by molar-refractivity contribution is 5.75. The molecule has 3 aromatic rings. The molecule has 0 bridgehead atoms. The summed E-state index contributed by atoms with van der Waals surface area (Å²) in [6.45, 7) is 0. The summed E-state index contributed by atoms with van der Waals surface area (Å²) in [6, 6.07) is 6.12. The van der Waals surface area contributed by atoms with Gasteiger partial charge in [-0.25, -0.2) is 14.1 Å². The Kier molecular flexibility index (Phi) is 3.44. The van der Waals surface area contributed by atoms with Crippen molar-refractivity contribution in [2.75, 3.05) is 0 Å². The van der Waals surface area contributed by atoms with Crippen molar-refractivity contribution >= 4 is 11.0 Å². The Morgan fingerprint density at radius 3 is 2.91 bits per heavy atom. The van der Waals surface area contributed by atoms with E-state index in [1.54, 1.807) is 12.1 Å². The van der Waals surface area contributed by atoms with Gasteiger partial charge in [0.2, 0.25) is 0 Å². The molecule has 0 atom stereocenters. The lowest BCUT2D eigenvalue weighted by atomic mass is 10.0. The van der Waals surface area contributed by atoms with E-state index in [1.807, 2.05) is 0 Å². The molecule has 118 valence electrons. The Bertz CT molecular complexity index is 908. The number of hydrogen-bond donors (Lipinski definition) is 1. The van der Waals surface area contributed by atoms with Crippen molar-refractivity contribution < 1.29 is 4.39 Å². The highest BCUT2D eigenvalue weighted by Gasteiger charge is 2.18. The van der Waals surface area contributed by atoms with Crippen LogP contribution < -0.4 is 5.56 Å². The summed E-state index contributed by atoms with van der Waals surface area (Å²) in [7, 11) is 0. The first-order valence-electron chi connectivity index (χ1n) is 7.93. The van der Waals surface area contributed by atoms with Crippen molar-refractivity contribution in [2.24, 2.45) is 5.92 Å². The Morgan fingerprint density at radius 1 is 1.30 bits per heavy atom. The topological polar surface area (TPSA) is 63.6 Å². The molecule has 0 radical (unpaired) electrons. The summed E-state index contributed by atoms with van der Waals surface area (Å²) < 4.78 is 15.0. The first-order valence-corrected chi connectivity index (χ1v) is 7.93. The van der Waals surface area contributed by atoms with Crippen LogP contribution in [0.4, 0.5) is 4.39 Å². The Labute approximate surface area is 132 Å². The van der Waals surface area contributed by atoms with Crippen LogP contribution in [0.3, 0.4) is 0 Å². The Hall–Kier alpha value is -2.50. The third kappa shape index (κ3) is 2.65. The van der Waals surface area contributed by atoms with Gasteiger partial charge in [0.15, 0.2) is 5.65 Å². The molecule has 5 nitrogen and oxygen atoms in total. The quantitative estimate of drug-likeness (QED) is 0.808. The maximum Gasteiger partial charge on any atom is 0.262 e. The van der Waals surface area contributed by atoms with Crippen LogP contribution >= 0.6 is 0 Å². The van der Waals surface area contributed by atoms with Crippen molar-refractivity contribution in [3.63, 3.8) is 0 Å². The lowest BCUT2D eigenvalue weighted by molar-refractivity contribution is 0.530. The van der Waals surface area contributed by atoms with Gasteiger partial charge in [-0.2, -0.15) is 5.10 Å². The summed E-state index contributed by atoms with van der Waals surface area (Å²) in [5, 5.41) is 4.63. The molecule has 1 fully saturated rings. The normalized spacial score (nSPS) is 15.5. The van der Waals surface area contributed by atoms with E-state index in [-0.39, 0.29) is 11.4 Å². The highest BCUT2D eigenvalue weighted by atomic mass is 19.1. The van der Waals surface area contributed by atoms with E-state index in [0.29, 0.717) is 28.5 Å². The number of fused-ring (bicyclic) bond motifs is 1. The van der Waals surface area contributed by atoms with Crippen LogP contribution in [0.5, 0.6) is 0 Å². The lowest BCUT2D eigenvalue weighted by Crippen LogP contribution is -2.14. The molecule has 1 aromatic carbocycles. The van der Waals surface area contributed by atoms with E-state index < -0.39 is 0 Å². The van der Waals surface area contributed by atoms with Gasteiger partial charge in [-0.3, -0.25) is 4.79 Å². The van der Waals surface area contributed by atoms with Gasteiger partial charge >= 0.3 is 0 Å². The Balaban J connectivity index is 1.80. The van der Waals surface area contributed by atoms with E-state index >= 15 is 0 Å². The van der Waals surface area contributed by atoms with E-state index in [9.17, 15) is 9.18 Å². The second kappa shape index (κ2) is 5.61. The predicted molar refractivity (Wildman–Crippen MR) is 85.1 cm³/mol. The molecule has 0 aliphatic heterocycles. The second-order valence-electron chi connectivity index (χ2n) is 6.14. The van der Waals surface area contributed by atoms with Gasteiger partial charge in [0.25, 0.3) is 5.56 Å². The zero-order valence-corrected chi connectivity index (χ0v) is 12.6. The average Bonchev–Trinajstić information content (AvgIpc) is 3.17. The first-order chi connectivity index (χ1) is 11.2. The molecule has 1 N–H and O–H groups in total. The molecule has 1 saturated carbocycles. The van der Waals surface area contributed by atoms with Crippen molar-refractivity contribution in [3.8, 4) is 5.69 Å². The largest absolute Gasteiger partial charge is 0.310 e. The van der Waals surface area contributed by atoms with Crippen molar-refractivity contribution in [1.29, 1.82) is 0 Å². The maximum atomic E-state index is 13.5. The number of nitrogens with one attached hydrogen (secondary N) is 1. The summed E-state index contributed by atoms with van der Waals surface area (Å²) >= 11 is 0. The van der Waals surface area contributed by atoms with Gasteiger partial charge in [-0.1, -0.05) is 31.7 Å². The minimum absolute atomic E-state index is 0.189. The highest BCUT2D eigenvalue weighted by Crippen LogP contribution is 2.27. The van der Waals surface area contributed by atoms with Gasteiger partial charge in [-0.15, -0.1) is 0 Å². The second-order valence-corrected chi connectivity index (χ2v) is 6.14. The molecule has 2 aromatic heterocycles. The molecule has 6 heteroatoms. The van der Waals surface area contributed by atoms with Gasteiger partial charge in [-0.05, 0) is 24.1 Å². The Morgan fingerprint density at radius 2 is 2.13 bits per heavy atom. The fourth-order valence-electron chi connectivity index (χ4n) is 3.35. The molecule has 0 spiro atoms. The number of aromatic nitrogens is 4. The first kappa shape index (κ1) is 14.1. The minimum Gasteiger partial charge on any atom is -0.310 e. The van der Waals surface area contributed by atoms with Crippen LogP contribution in [-0.2, 0) is 6.42 Å². The molecular weight excluding hydrogens is 295 g/mol. The summed E-state index contributed by atoms with van der Waals surface area (Å²) in [5.41, 5.74) is 0.850. The van der Waals surface area contributed by atoms with Crippen LogP contribution in [0, 0.1) is 11.7 Å². The number of hydrogen-bond acceptors (Lipinski definition) is 3. The van der Waals surface area contributed by atoms with Crippen molar-refractivity contribution in [1.82, 2.24) is 19.7 Å². The van der Waals surface area contributed by atoms with Crippen molar-refractivity contribution in [2.45, 2.75) is 32.1 Å². The SMILES string of the molecule is O=c1[nH]c(CC2CCCC2)nc2c1cnn2-c1cccc(F)c1. The number of aromatic amines is 1. The zero-order valence-electron chi connectivity index (χ0n) is 12.6. The van der Waals surface area contributed by atoms with Crippen molar-refractivity contribution in [3.05, 3.63) is 52.5 Å². The van der Waals surface area contributed by atoms with E-state index in [1.165, 1.54) is 48.7 Å². The van der Waals surface area contributed by atoms with Crippen LogP contribution in [0.25, 0.3) is 16.7 Å². The van der Waals surface area contributed by atoms with Crippen LogP contribution in [-0.4, -0.2) is 19.7 Å². The third-order valence-electron chi connectivity index (χ3n) is 4.50. The smallest absolute Gasteiger partial charge is 0.262 e. The van der Waals surface area contributed by atoms with Gasteiger partial charge in [0, 0.05) is 6.42 Å². The van der Waals surface area contributed by atoms with E-state index in [0.717, 1.165) is 6.42 Å². The van der Waals surface area contributed by atoms with Crippen LogP contribution in [0.2, 0.25) is 0 Å². The van der Waals surface area contributed by atoms with E-state index in [4.69, 9.17) is 0 Å². The van der Waals surface area contributed by atoms with Gasteiger partial charge < -0.3 is 4.98 Å². The average molecular weight is 312 g/mol. The number of nitrogens with zero attached hydrogens (tertiary/aromatic N) is 3. The zero-order chi connectivity index (χ0) is 15.8. The molecule has 23 heavy (non-hydrogen) atoms. The number of H-pyrrole nitrogens is 1. The van der Waals surface area contributed by atoms with Crippen LogP contribution in [0.15, 0.2) is 35.3 Å². The molecular formula is C17H17FN4O. The number of halogens is 1. The standard InChI is InChI=1S/C17H17FN4O/c18-12-6-3-7-13(9-12)22-16-14(10-19-22)17(23)21-15(20-16)8-11-4-1-2-5-11/h3,6-7,9-11H,1-2,4-5,8H2,(H,20,21,23). The molecule has 0 saturated heterocycles. The number of benzene rings is 1. The fourth-order valence-corrected chi connectivity index (χ4v) is 3.35. The third-order valence-corrected chi connectivity index (χ3v) is 4.50. The van der Waals surface area contributed by atoms with E-state index in [2.05, 4.69) is 15.1 Å². The molecule has 2 heterocycles. The maximum absolute atomic E-state index is 13.5. The van der Waals surface area contributed by atoms with Gasteiger partial charge in [0.1, 0.15) is 17.0 Å². The summed E-state index contributed by atoms with van der Waals surface area (Å²) in [6.07, 6.45) is 7.12. The summed E-state index contributed by atoms with van der Waals surface area (Å²) in [5.74, 6) is 0.927. The monoisotopic (exact) mass is 312 g/mol. The number of rotatable bonds is 3. The minimum atomic E-state index is -0.345. The van der Waals surface area contributed by atoms with Gasteiger partial charge in [0.05, 0.1) is 11.9 Å². The van der Waals surface area contributed by atoms with Crippen LogP contribution in [0.1, 0.15) is 31.5 Å².